The smallest absolute Gasteiger partial charge is 0.344 e. The highest BCUT2D eigenvalue weighted by Crippen LogP contribution is 2.00. The largest absolute Gasteiger partial charge is 0.465 e. The summed E-state index contributed by atoms with van der Waals surface area (Å²) < 4.78 is 10.8. The van der Waals surface area contributed by atoms with Crippen molar-refractivity contribution < 1.29 is 14.3 Å². The number of esters is 1. The second-order valence-electron chi connectivity index (χ2n) is 2.73. The van der Waals surface area contributed by atoms with Crippen LogP contribution in [-0.4, -0.2) is 29.0 Å². The Morgan fingerprint density at radius 2 is 2.27 bits per heavy atom. The Hall–Kier alpha value is -1.85. The lowest BCUT2D eigenvalue weighted by atomic mass is 10.5. The molecule has 0 radical (unpaired) electrons. The van der Waals surface area contributed by atoms with Gasteiger partial charge in [-0.15, -0.1) is 5.10 Å². The molecule has 6 heteroatoms. The van der Waals surface area contributed by atoms with Gasteiger partial charge >= 0.3 is 5.97 Å². The third kappa shape index (κ3) is 3.41. The first kappa shape index (κ1) is 11.2. The molecule has 0 spiro atoms. The maximum atomic E-state index is 11.0. The second-order valence-corrected chi connectivity index (χ2v) is 2.73. The number of aryl methyl sites for hydroxylation is 1. The normalized spacial score (nSPS) is 9.73. The number of aromatic nitrogens is 2. The minimum atomic E-state index is -0.465. The maximum absolute atomic E-state index is 11.0. The lowest BCUT2D eigenvalue weighted by molar-refractivity contribution is -0.145. The van der Waals surface area contributed by atoms with E-state index >= 15 is 0 Å². The Kier molecular flexibility index (Phi) is 3.84. The average molecular weight is 212 g/mol. The minimum Gasteiger partial charge on any atom is -0.465 e. The van der Waals surface area contributed by atoms with E-state index < -0.39 is 5.97 Å². The highest BCUT2D eigenvalue weighted by atomic mass is 16.6. The maximum Gasteiger partial charge on any atom is 0.344 e. The van der Waals surface area contributed by atoms with Gasteiger partial charge in [-0.2, -0.15) is 0 Å². The Morgan fingerprint density at radius 3 is 2.87 bits per heavy atom. The molecule has 1 aromatic heterocycles. The molecule has 0 aliphatic heterocycles. The van der Waals surface area contributed by atoms with Crippen molar-refractivity contribution in [3.63, 3.8) is 0 Å². The first-order valence-electron chi connectivity index (χ1n) is 4.46. The average Bonchev–Trinajstić information content (AvgIpc) is 2.20. The number of ether oxygens (including phenoxy) is 2. The van der Waals surface area contributed by atoms with Crippen molar-refractivity contribution in [3.8, 4) is 5.88 Å². The molecule has 0 aliphatic carbocycles. The van der Waals surface area contributed by atoms with Crippen LogP contribution in [0.5, 0.6) is 5.88 Å². The van der Waals surface area contributed by atoms with Crippen molar-refractivity contribution in [2.45, 2.75) is 6.92 Å². The van der Waals surface area contributed by atoms with Gasteiger partial charge in [0.1, 0.15) is 0 Å². The molecule has 0 saturated carbocycles. The van der Waals surface area contributed by atoms with Crippen LogP contribution in [0.25, 0.3) is 0 Å². The summed E-state index contributed by atoms with van der Waals surface area (Å²) in [6.45, 7) is 1.81. The molecule has 0 fully saturated rings. The summed E-state index contributed by atoms with van der Waals surface area (Å²) >= 11 is 0. The van der Waals surface area contributed by atoms with Gasteiger partial charge in [-0.05, 0) is 6.92 Å². The summed E-state index contributed by atoms with van der Waals surface area (Å²) in [5, 5.41) is 3.78. The third-order valence-corrected chi connectivity index (χ3v) is 1.58. The Morgan fingerprint density at radius 1 is 1.53 bits per heavy atom. The van der Waals surface area contributed by atoms with Crippen LogP contribution in [0.15, 0.2) is 16.9 Å². The molecule has 0 atom stereocenters. The zero-order chi connectivity index (χ0) is 11.3. The van der Waals surface area contributed by atoms with Crippen molar-refractivity contribution in [1.29, 1.82) is 0 Å². The van der Waals surface area contributed by atoms with E-state index in [0.29, 0.717) is 6.61 Å². The Bertz CT molecular complexity index is 399. The third-order valence-electron chi connectivity index (χ3n) is 1.58. The lowest BCUT2D eigenvalue weighted by Crippen LogP contribution is -2.20. The SMILES string of the molecule is CCOC(=O)COc1ccc(=O)n(C)n1. The number of nitrogens with zero attached hydrogens (tertiary/aromatic N) is 2. The predicted octanol–water partition coefficient (Wildman–Crippen LogP) is -0.278. The molecule has 1 heterocycles. The summed E-state index contributed by atoms with van der Waals surface area (Å²) in [6.07, 6.45) is 0. The van der Waals surface area contributed by atoms with Crippen LogP contribution in [0, 0.1) is 0 Å². The molecular weight excluding hydrogens is 200 g/mol. The van der Waals surface area contributed by atoms with Crippen LogP contribution in [0.1, 0.15) is 6.92 Å². The Labute approximate surface area is 86.4 Å². The Balaban J connectivity index is 2.55. The second kappa shape index (κ2) is 5.14. The number of carbonyl (C=O) groups excluding carboxylic acids is 1. The first-order valence-corrected chi connectivity index (χ1v) is 4.46. The monoisotopic (exact) mass is 212 g/mol. The van der Waals surface area contributed by atoms with Gasteiger partial charge in [0.2, 0.25) is 5.88 Å². The molecule has 1 aromatic rings. The molecule has 6 nitrogen and oxygen atoms in total. The fourth-order valence-electron chi connectivity index (χ4n) is 0.893. The number of rotatable bonds is 4. The molecule has 1 rings (SSSR count). The van der Waals surface area contributed by atoms with Crippen molar-refractivity contribution in [3.05, 3.63) is 22.5 Å². The van der Waals surface area contributed by atoms with E-state index in [1.54, 1.807) is 6.92 Å². The molecule has 82 valence electrons. The van der Waals surface area contributed by atoms with E-state index in [2.05, 4.69) is 9.84 Å². The van der Waals surface area contributed by atoms with Crippen LogP contribution in [0.3, 0.4) is 0 Å². The van der Waals surface area contributed by atoms with Gasteiger partial charge in [0.05, 0.1) is 6.61 Å². The van der Waals surface area contributed by atoms with Crippen LogP contribution in [0.4, 0.5) is 0 Å². The number of carbonyl (C=O) groups is 1. The highest BCUT2D eigenvalue weighted by molar-refractivity contribution is 5.70. The topological polar surface area (TPSA) is 70.4 Å². The quantitative estimate of drug-likeness (QED) is 0.642. The molecule has 15 heavy (non-hydrogen) atoms. The number of hydrogen-bond acceptors (Lipinski definition) is 5. The zero-order valence-corrected chi connectivity index (χ0v) is 8.60. The van der Waals surface area contributed by atoms with Crippen molar-refractivity contribution in [2.75, 3.05) is 13.2 Å². The van der Waals surface area contributed by atoms with Gasteiger partial charge in [0, 0.05) is 19.2 Å². The number of hydrogen-bond donors (Lipinski definition) is 0. The fourth-order valence-corrected chi connectivity index (χ4v) is 0.893. The zero-order valence-electron chi connectivity index (χ0n) is 8.60. The summed E-state index contributed by atoms with van der Waals surface area (Å²) in [7, 11) is 1.50. The van der Waals surface area contributed by atoms with Gasteiger partial charge in [-0.25, -0.2) is 9.48 Å². The van der Waals surface area contributed by atoms with Crippen molar-refractivity contribution in [2.24, 2.45) is 7.05 Å². The van der Waals surface area contributed by atoms with Crippen molar-refractivity contribution >= 4 is 5.97 Å². The molecule has 0 aliphatic rings. The van der Waals surface area contributed by atoms with Crippen LogP contribution in [0.2, 0.25) is 0 Å². The van der Waals surface area contributed by atoms with E-state index in [9.17, 15) is 9.59 Å². The van der Waals surface area contributed by atoms with Gasteiger partial charge in [0.15, 0.2) is 6.61 Å². The van der Waals surface area contributed by atoms with E-state index in [1.807, 2.05) is 0 Å². The van der Waals surface area contributed by atoms with E-state index in [4.69, 9.17) is 4.74 Å². The molecule has 0 aromatic carbocycles. The predicted molar refractivity (Wildman–Crippen MR) is 51.6 cm³/mol. The van der Waals surface area contributed by atoms with Gasteiger partial charge in [0.25, 0.3) is 5.56 Å². The van der Waals surface area contributed by atoms with Crippen LogP contribution in [-0.2, 0) is 16.6 Å². The summed E-state index contributed by atoms with van der Waals surface area (Å²) in [5.74, 6) is -0.252. The van der Waals surface area contributed by atoms with Crippen molar-refractivity contribution in [1.82, 2.24) is 9.78 Å². The molecule has 0 unspecified atom stereocenters. The molecule has 0 amide bonds. The van der Waals surface area contributed by atoms with Gasteiger partial charge in [-0.1, -0.05) is 0 Å². The van der Waals surface area contributed by atoms with E-state index in [0.717, 1.165) is 4.68 Å². The molecule has 0 N–H and O–H groups in total. The standard InChI is InChI=1S/C9H12N2O4/c1-3-14-9(13)6-15-7-4-5-8(12)11(2)10-7/h4-5H,3,6H2,1-2H3. The van der Waals surface area contributed by atoms with Crippen LogP contribution < -0.4 is 10.3 Å². The molecular formula is C9H12N2O4. The van der Waals surface area contributed by atoms with Gasteiger partial charge < -0.3 is 9.47 Å². The minimum absolute atomic E-state index is 0.209. The fraction of sp³-hybridized carbons (Fsp3) is 0.444. The molecule has 0 saturated heterocycles. The van der Waals surface area contributed by atoms with E-state index in [1.165, 1.54) is 19.2 Å². The van der Waals surface area contributed by atoms with Crippen LogP contribution >= 0.6 is 0 Å². The highest BCUT2D eigenvalue weighted by Gasteiger charge is 2.04. The van der Waals surface area contributed by atoms with Gasteiger partial charge in [-0.3, -0.25) is 4.79 Å². The van der Waals surface area contributed by atoms with E-state index in [-0.39, 0.29) is 18.0 Å². The summed E-state index contributed by atoms with van der Waals surface area (Å²) in [5.41, 5.74) is -0.238. The lowest BCUT2D eigenvalue weighted by Gasteiger charge is -2.05. The summed E-state index contributed by atoms with van der Waals surface area (Å²) in [6, 6.07) is 2.72. The molecule has 0 bridgehead atoms. The first-order chi connectivity index (χ1) is 7.13. The summed E-state index contributed by atoms with van der Waals surface area (Å²) in [4.78, 5) is 21.9.